The Hall–Kier alpha value is -2.18. The minimum Gasteiger partial charge on any atom is -0.497 e. The van der Waals surface area contributed by atoms with Gasteiger partial charge in [-0.05, 0) is 12.1 Å². The summed E-state index contributed by atoms with van der Waals surface area (Å²) in [5, 5.41) is 3.65. The third-order valence-electron chi connectivity index (χ3n) is 2.39. The smallest absolute Gasteiger partial charge is 0.419 e. The standard InChI is InChI=1S/C11H10F3N3O/c1-18-8-2-3-9(15)10(4-8)17-6-7(5-16-17)11(12,13)14/h2-6H,15H2,1H3. The first kappa shape index (κ1) is 12.3. The summed E-state index contributed by atoms with van der Waals surface area (Å²) >= 11 is 0. The first-order valence-corrected chi connectivity index (χ1v) is 4.97. The molecule has 0 atom stereocenters. The van der Waals surface area contributed by atoms with Crippen LogP contribution in [0, 0.1) is 0 Å². The minimum atomic E-state index is -4.42. The number of nitrogens with zero attached hydrogens (tertiary/aromatic N) is 2. The maximum Gasteiger partial charge on any atom is 0.419 e. The Bertz CT molecular complexity index is 563. The number of nitrogens with two attached hydrogens (primary N) is 1. The summed E-state index contributed by atoms with van der Waals surface area (Å²) in [5.41, 5.74) is 5.52. The number of alkyl halides is 3. The Labute approximate surface area is 101 Å². The summed E-state index contributed by atoms with van der Waals surface area (Å²) < 4.78 is 43.4. The van der Waals surface area contributed by atoms with Crippen LogP contribution in [0.2, 0.25) is 0 Å². The van der Waals surface area contributed by atoms with E-state index in [4.69, 9.17) is 10.5 Å². The van der Waals surface area contributed by atoms with Crippen LogP contribution in [0.1, 0.15) is 5.56 Å². The predicted octanol–water partition coefficient (Wildman–Crippen LogP) is 2.48. The lowest BCUT2D eigenvalue weighted by atomic mass is 10.2. The molecule has 96 valence electrons. The largest absolute Gasteiger partial charge is 0.497 e. The van der Waals surface area contributed by atoms with Gasteiger partial charge in [-0.15, -0.1) is 0 Å². The van der Waals surface area contributed by atoms with E-state index in [0.717, 1.165) is 17.1 Å². The predicted molar refractivity (Wildman–Crippen MR) is 59.5 cm³/mol. The Balaban J connectivity index is 2.45. The van der Waals surface area contributed by atoms with Gasteiger partial charge in [0.05, 0.1) is 30.2 Å². The molecule has 2 N–H and O–H groups in total. The van der Waals surface area contributed by atoms with Crippen LogP contribution in [0.4, 0.5) is 18.9 Å². The molecule has 0 aliphatic carbocycles. The summed E-state index contributed by atoms with van der Waals surface area (Å²) in [4.78, 5) is 0. The van der Waals surface area contributed by atoms with E-state index in [1.165, 1.54) is 13.2 Å². The number of nitrogen functional groups attached to an aromatic ring is 1. The Kier molecular flexibility index (Phi) is 2.90. The second kappa shape index (κ2) is 4.25. The van der Waals surface area contributed by atoms with E-state index >= 15 is 0 Å². The molecule has 0 fully saturated rings. The SMILES string of the molecule is COc1ccc(N)c(-n2cc(C(F)(F)F)cn2)c1. The topological polar surface area (TPSA) is 53.1 Å². The number of benzene rings is 1. The highest BCUT2D eigenvalue weighted by molar-refractivity contribution is 5.60. The van der Waals surface area contributed by atoms with Crippen molar-refractivity contribution in [3.05, 3.63) is 36.2 Å². The highest BCUT2D eigenvalue weighted by atomic mass is 19.4. The van der Waals surface area contributed by atoms with Gasteiger partial charge in [-0.2, -0.15) is 18.3 Å². The van der Waals surface area contributed by atoms with Crippen molar-refractivity contribution in [1.29, 1.82) is 0 Å². The fourth-order valence-electron chi connectivity index (χ4n) is 1.45. The zero-order valence-corrected chi connectivity index (χ0v) is 9.40. The van der Waals surface area contributed by atoms with Crippen molar-refractivity contribution in [2.24, 2.45) is 0 Å². The third-order valence-corrected chi connectivity index (χ3v) is 2.39. The molecule has 1 heterocycles. The summed E-state index contributed by atoms with van der Waals surface area (Å²) in [6.07, 6.45) is -2.80. The molecule has 1 aromatic carbocycles. The van der Waals surface area contributed by atoms with Gasteiger partial charge in [-0.3, -0.25) is 0 Å². The van der Waals surface area contributed by atoms with Crippen LogP contribution in [-0.4, -0.2) is 16.9 Å². The molecule has 0 bridgehead atoms. The van der Waals surface area contributed by atoms with Crippen LogP contribution in [-0.2, 0) is 6.18 Å². The maximum absolute atomic E-state index is 12.5. The Morgan fingerprint density at radius 3 is 2.61 bits per heavy atom. The number of ether oxygens (including phenoxy) is 1. The molecule has 0 saturated heterocycles. The van der Waals surface area contributed by atoms with Gasteiger partial charge in [-0.1, -0.05) is 0 Å². The molecule has 18 heavy (non-hydrogen) atoms. The van der Waals surface area contributed by atoms with Crippen LogP contribution in [0.3, 0.4) is 0 Å². The highest BCUT2D eigenvalue weighted by Crippen LogP contribution is 2.30. The third kappa shape index (κ3) is 2.24. The monoisotopic (exact) mass is 257 g/mol. The van der Waals surface area contributed by atoms with E-state index in [1.54, 1.807) is 12.1 Å². The number of halogens is 3. The van der Waals surface area contributed by atoms with Crippen LogP contribution in [0.25, 0.3) is 5.69 Å². The van der Waals surface area contributed by atoms with E-state index in [2.05, 4.69) is 5.10 Å². The van der Waals surface area contributed by atoms with Gasteiger partial charge in [-0.25, -0.2) is 4.68 Å². The molecular formula is C11H10F3N3O. The lowest BCUT2D eigenvalue weighted by Gasteiger charge is -2.08. The molecule has 7 heteroatoms. The molecule has 0 amide bonds. The molecule has 0 aliphatic heterocycles. The fourth-order valence-corrected chi connectivity index (χ4v) is 1.45. The normalized spacial score (nSPS) is 11.6. The highest BCUT2D eigenvalue weighted by Gasteiger charge is 2.32. The average Bonchev–Trinajstić information content (AvgIpc) is 2.78. The van der Waals surface area contributed by atoms with Crippen molar-refractivity contribution in [3.8, 4) is 11.4 Å². The Morgan fingerprint density at radius 1 is 1.33 bits per heavy atom. The molecule has 0 unspecified atom stereocenters. The number of hydrogen-bond acceptors (Lipinski definition) is 3. The van der Waals surface area contributed by atoms with Gasteiger partial charge in [0, 0.05) is 12.3 Å². The lowest BCUT2D eigenvalue weighted by molar-refractivity contribution is -0.137. The lowest BCUT2D eigenvalue weighted by Crippen LogP contribution is -2.04. The molecule has 2 rings (SSSR count). The van der Waals surface area contributed by atoms with Crippen LogP contribution >= 0.6 is 0 Å². The molecule has 1 aromatic heterocycles. The number of aromatic nitrogens is 2. The zero-order chi connectivity index (χ0) is 13.3. The summed E-state index contributed by atoms with van der Waals surface area (Å²) in [7, 11) is 1.46. The number of methoxy groups -OCH3 is 1. The molecule has 4 nitrogen and oxygen atoms in total. The molecule has 2 aromatic rings. The minimum absolute atomic E-state index is 0.313. The summed E-state index contributed by atoms with van der Waals surface area (Å²) in [5.74, 6) is 0.489. The van der Waals surface area contributed by atoms with Crippen molar-refractivity contribution < 1.29 is 17.9 Å². The van der Waals surface area contributed by atoms with Gasteiger partial charge in [0.2, 0.25) is 0 Å². The van der Waals surface area contributed by atoms with Gasteiger partial charge >= 0.3 is 6.18 Å². The zero-order valence-electron chi connectivity index (χ0n) is 9.40. The summed E-state index contributed by atoms with van der Waals surface area (Å²) in [6.45, 7) is 0. The van der Waals surface area contributed by atoms with Gasteiger partial charge < -0.3 is 10.5 Å². The molecule has 0 radical (unpaired) electrons. The number of anilines is 1. The first-order chi connectivity index (χ1) is 8.41. The van der Waals surface area contributed by atoms with Gasteiger partial charge in [0.1, 0.15) is 5.75 Å². The van der Waals surface area contributed by atoms with Crippen molar-refractivity contribution >= 4 is 5.69 Å². The summed E-state index contributed by atoms with van der Waals surface area (Å²) in [6, 6.07) is 4.68. The van der Waals surface area contributed by atoms with E-state index < -0.39 is 11.7 Å². The van der Waals surface area contributed by atoms with E-state index in [1.807, 2.05) is 0 Å². The second-order valence-electron chi connectivity index (χ2n) is 3.60. The first-order valence-electron chi connectivity index (χ1n) is 4.97. The van der Waals surface area contributed by atoms with Crippen molar-refractivity contribution in [1.82, 2.24) is 9.78 Å². The quantitative estimate of drug-likeness (QED) is 0.841. The number of rotatable bonds is 2. The average molecular weight is 257 g/mol. The fraction of sp³-hybridized carbons (Fsp3) is 0.182. The van der Waals surface area contributed by atoms with Crippen molar-refractivity contribution in [3.63, 3.8) is 0 Å². The molecule has 0 spiro atoms. The van der Waals surface area contributed by atoms with E-state index in [9.17, 15) is 13.2 Å². The van der Waals surface area contributed by atoms with Gasteiger partial charge in [0.25, 0.3) is 0 Å². The van der Waals surface area contributed by atoms with E-state index in [0.29, 0.717) is 17.1 Å². The van der Waals surface area contributed by atoms with Crippen LogP contribution in [0.15, 0.2) is 30.6 Å². The van der Waals surface area contributed by atoms with E-state index in [-0.39, 0.29) is 0 Å². The maximum atomic E-state index is 12.5. The Morgan fingerprint density at radius 2 is 2.06 bits per heavy atom. The van der Waals surface area contributed by atoms with Crippen molar-refractivity contribution in [2.75, 3.05) is 12.8 Å². The number of hydrogen-bond donors (Lipinski definition) is 1. The van der Waals surface area contributed by atoms with Crippen LogP contribution < -0.4 is 10.5 Å². The molecular weight excluding hydrogens is 247 g/mol. The molecule has 0 aliphatic rings. The van der Waals surface area contributed by atoms with Crippen molar-refractivity contribution in [2.45, 2.75) is 6.18 Å². The van der Waals surface area contributed by atoms with Crippen LogP contribution in [0.5, 0.6) is 5.75 Å². The second-order valence-corrected chi connectivity index (χ2v) is 3.60. The molecule has 0 saturated carbocycles. The van der Waals surface area contributed by atoms with Gasteiger partial charge in [0.15, 0.2) is 0 Å².